The van der Waals surface area contributed by atoms with E-state index in [-0.39, 0.29) is 0 Å². The van der Waals surface area contributed by atoms with Crippen LogP contribution in [0.25, 0.3) is 0 Å². The lowest BCUT2D eigenvalue weighted by molar-refractivity contribution is 0.819. The van der Waals surface area contributed by atoms with Crippen LogP contribution in [0.1, 0.15) is 0 Å². The molecule has 0 aliphatic carbocycles. The van der Waals surface area contributed by atoms with E-state index in [1.807, 2.05) is 0 Å². The Morgan fingerprint density at radius 2 is 1.75 bits per heavy atom. The van der Waals surface area contributed by atoms with Gasteiger partial charge in [0.1, 0.15) is 0 Å². The van der Waals surface area contributed by atoms with Crippen LogP contribution in [-0.2, 0) is 0 Å². The van der Waals surface area contributed by atoms with Crippen LogP contribution in [0.5, 0.6) is 0 Å². The predicted octanol–water partition coefficient (Wildman–Crippen LogP) is 0.377. The van der Waals surface area contributed by atoms with Crippen LogP contribution in [-0.4, -0.2) is 23.6 Å². The Labute approximate surface area is 50.0 Å². The van der Waals surface area contributed by atoms with Gasteiger partial charge in [-0.1, -0.05) is 0 Å². The maximum Gasteiger partial charge on any atom is 0.222 e. The second-order valence-electron chi connectivity index (χ2n) is 1.77. The Bertz CT molecular complexity index is 146. The molecule has 8 heavy (non-hydrogen) atoms. The van der Waals surface area contributed by atoms with E-state index in [0.717, 1.165) is 0 Å². The Morgan fingerprint density at radius 1 is 1.25 bits per heavy atom. The van der Waals surface area contributed by atoms with Gasteiger partial charge in [-0.15, -0.1) is 0 Å². The molecule has 0 saturated carbocycles. The minimum absolute atomic E-state index is 0.475. The first-order chi connectivity index (χ1) is 3.80. The summed E-state index contributed by atoms with van der Waals surface area (Å²) in [5.74, 6) is 0. The molecule has 0 bridgehead atoms. The Morgan fingerprint density at radius 3 is 2.00 bits per heavy atom. The molecule has 0 spiro atoms. The van der Waals surface area contributed by atoms with Gasteiger partial charge in [0.15, 0.2) is 0 Å². The van der Waals surface area contributed by atoms with Crippen LogP contribution in [0, 0.1) is 0 Å². The van der Waals surface area contributed by atoms with E-state index >= 15 is 0 Å². The lowest BCUT2D eigenvalue weighted by atomic mass is 11.0. The summed E-state index contributed by atoms with van der Waals surface area (Å²) in [5, 5.41) is 7.93. The minimum atomic E-state index is -0.475. The molecule has 1 rings (SSSR count). The summed E-state index contributed by atoms with van der Waals surface area (Å²) in [7, 11) is -0.475. The van der Waals surface area contributed by atoms with Gasteiger partial charge in [0.05, 0.1) is 12.4 Å². The van der Waals surface area contributed by atoms with Gasteiger partial charge < -0.3 is 0 Å². The smallest absolute Gasteiger partial charge is 0.222 e. The number of aromatic nitrogens is 3. The lowest BCUT2D eigenvalue weighted by Crippen LogP contribution is -2.18. The van der Waals surface area contributed by atoms with E-state index in [2.05, 4.69) is 23.3 Å². The second-order valence-corrected chi connectivity index (χ2v) is 4.06. The molecule has 1 radical (unpaired) electrons. The lowest BCUT2D eigenvalue weighted by Gasteiger charge is -1.96. The third kappa shape index (κ3) is 0.948. The van der Waals surface area contributed by atoms with Crippen molar-refractivity contribution >= 4 is 8.96 Å². The minimum Gasteiger partial charge on any atom is -0.222 e. The molecule has 0 saturated heterocycles. The second kappa shape index (κ2) is 2.08. The van der Waals surface area contributed by atoms with Gasteiger partial charge in [0.2, 0.25) is 8.96 Å². The van der Waals surface area contributed by atoms with Crippen molar-refractivity contribution in [2.24, 2.45) is 0 Å². The SMILES string of the molecule is C[Si](C)n1nccn1. The highest BCUT2D eigenvalue weighted by molar-refractivity contribution is 6.53. The highest BCUT2D eigenvalue weighted by Gasteiger charge is 1.97. The van der Waals surface area contributed by atoms with Gasteiger partial charge in [-0.2, -0.15) is 10.2 Å². The molecule has 1 aromatic rings. The zero-order valence-electron chi connectivity index (χ0n) is 5.00. The third-order valence-electron chi connectivity index (χ3n) is 0.819. The molecule has 0 aromatic carbocycles. The topological polar surface area (TPSA) is 30.7 Å². The quantitative estimate of drug-likeness (QED) is 0.509. The summed E-state index contributed by atoms with van der Waals surface area (Å²) in [6, 6.07) is 0. The van der Waals surface area contributed by atoms with Gasteiger partial charge in [-0.3, -0.25) is 0 Å². The van der Waals surface area contributed by atoms with E-state index in [1.165, 1.54) is 0 Å². The Kier molecular flexibility index (Phi) is 1.43. The summed E-state index contributed by atoms with van der Waals surface area (Å²) >= 11 is 0. The zero-order valence-corrected chi connectivity index (χ0v) is 6.00. The summed E-state index contributed by atoms with van der Waals surface area (Å²) in [4.78, 5) is 0. The average molecular weight is 126 g/mol. The van der Waals surface area contributed by atoms with Crippen LogP contribution in [0.4, 0.5) is 0 Å². The standard InChI is InChI=1S/C4H8N3Si/c1-8(2)7-5-3-4-6-7/h3-4H,1-2H3. The van der Waals surface area contributed by atoms with E-state index in [9.17, 15) is 0 Å². The van der Waals surface area contributed by atoms with Crippen LogP contribution >= 0.6 is 0 Å². The number of hydrogen-bond donors (Lipinski definition) is 0. The summed E-state index contributed by atoms with van der Waals surface area (Å²) in [6.07, 6.45) is 3.41. The van der Waals surface area contributed by atoms with Crippen LogP contribution in [0.15, 0.2) is 12.4 Å². The molecular weight excluding hydrogens is 118 g/mol. The fraction of sp³-hybridized carbons (Fsp3) is 0.500. The van der Waals surface area contributed by atoms with Crippen LogP contribution in [0.3, 0.4) is 0 Å². The van der Waals surface area contributed by atoms with Gasteiger partial charge in [-0.05, 0) is 13.1 Å². The van der Waals surface area contributed by atoms with E-state index in [1.54, 1.807) is 16.9 Å². The van der Waals surface area contributed by atoms with E-state index < -0.39 is 8.96 Å². The molecule has 3 nitrogen and oxygen atoms in total. The van der Waals surface area contributed by atoms with Crippen molar-refractivity contribution in [3.8, 4) is 0 Å². The number of nitrogens with zero attached hydrogens (tertiary/aromatic N) is 3. The van der Waals surface area contributed by atoms with Gasteiger partial charge in [0, 0.05) is 0 Å². The summed E-state index contributed by atoms with van der Waals surface area (Å²) in [5.41, 5.74) is 0. The number of rotatable bonds is 1. The maximum atomic E-state index is 3.97. The number of hydrogen-bond acceptors (Lipinski definition) is 2. The largest absolute Gasteiger partial charge is 0.222 e. The predicted molar refractivity (Wildman–Crippen MR) is 32.9 cm³/mol. The van der Waals surface area contributed by atoms with Gasteiger partial charge >= 0.3 is 0 Å². The van der Waals surface area contributed by atoms with Crippen molar-refractivity contribution in [3.63, 3.8) is 0 Å². The summed E-state index contributed by atoms with van der Waals surface area (Å²) in [6.45, 7) is 4.29. The molecule has 0 fully saturated rings. The molecule has 1 aromatic heterocycles. The molecule has 0 aliphatic heterocycles. The molecule has 0 aliphatic rings. The Hall–Kier alpha value is -0.643. The first-order valence-corrected chi connectivity index (χ1v) is 4.92. The monoisotopic (exact) mass is 126 g/mol. The maximum absolute atomic E-state index is 3.97. The fourth-order valence-electron chi connectivity index (χ4n) is 0.447. The first-order valence-electron chi connectivity index (χ1n) is 2.47. The van der Waals surface area contributed by atoms with Gasteiger partial charge in [0.25, 0.3) is 0 Å². The summed E-state index contributed by atoms with van der Waals surface area (Å²) < 4.78 is 1.77. The van der Waals surface area contributed by atoms with Crippen molar-refractivity contribution in [1.82, 2.24) is 14.7 Å². The van der Waals surface area contributed by atoms with Crippen molar-refractivity contribution in [1.29, 1.82) is 0 Å². The third-order valence-corrected chi connectivity index (χ3v) is 1.85. The van der Waals surface area contributed by atoms with E-state index in [0.29, 0.717) is 0 Å². The molecular formula is C4H8N3Si. The Balaban J connectivity index is 2.77. The van der Waals surface area contributed by atoms with Crippen molar-refractivity contribution in [3.05, 3.63) is 12.4 Å². The molecule has 0 amide bonds. The van der Waals surface area contributed by atoms with Crippen molar-refractivity contribution in [2.45, 2.75) is 13.1 Å². The average Bonchev–Trinajstić information content (AvgIpc) is 2.12. The van der Waals surface area contributed by atoms with E-state index in [4.69, 9.17) is 0 Å². The molecule has 43 valence electrons. The van der Waals surface area contributed by atoms with Crippen molar-refractivity contribution in [2.75, 3.05) is 0 Å². The van der Waals surface area contributed by atoms with Crippen molar-refractivity contribution < 1.29 is 0 Å². The molecule has 0 atom stereocenters. The van der Waals surface area contributed by atoms with Crippen LogP contribution in [0.2, 0.25) is 13.1 Å². The molecule has 0 unspecified atom stereocenters. The fourth-order valence-corrected chi connectivity index (χ4v) is 1.04. The molecule has 1 heterocycles. The van der Waals surface area contributed by atoms with Gasteiger partial charge in [-0.25, -0.2) is 4.46 Å². The van der Waals surface area contributed by atoms with Crippen LogP contribution < -0.4 is 0 Å². The molecule has 4 heteroatoms. The highest BCUT2D eigenvalue weighted by atomic mass is 28.3. The first kappa shape index (κ1) is 5.49. The normalized spacial score (nSPS) is 10.4. The zero-order chi connectivity index (χ0) is 5.98. The highest BCUT2D eigenvalue weighted by Crippen LogP contribution is 1.80. The molecule has 0 N–H and O–H groups in total.